The van der Waals surface area contributed by atoms with Crippen molar-refractivity contribution in [3.8, 4) is 0 Å². The van der Waals surface area contributed by atoms with Crippen molar-refractivity contribution in [3.63, 3.8) is 0 Å². The molecule has 1 amide bonds. The van der Waals surface area contributed by atoms with Crippen molar-refractivity contribution in [3.05, 3.63) is 28.7 Å². The Labute approximate surface area is 158 Å². The molecule has 0 fully saturated rings. The molecule has 0 atom stereocenters. The first-order valence-corrected chi connectivity index (χ1v) is 9.69. The fraction of sp³-hybridized carbons (Fsp3) is 0.286. The number of carbonyl (C=O) groups excluding carboxylic acids is 3. The number of nitrogens with one attached hydrogen (secondary N) is 2. The summed E-state index contributed by atoms with van der Waals surface area (Å²) in [5.41, 5.74) is 0.227. The normalized spacial score (nSPS) is 11.0. The lowest BCUT2D eigenvalue weighted by atomic mass is 10.4. The van der Waals surface area contributed by atoms with Crippen LogP contribution in [0.15, 0.2) is 28.7 Å². The third-order valence-electron chi connectivity index (χ3n) is 3.07. The number of amides is 1. The predicted molar refractivity (Wildman–Crippen MR) is 93.6 cm³/mol. The Morgan fingerprint density at radius 2 is 2.07 bits per heavy atom. The number of aromatic nitrogens is 2. The van der Waals surface area contributed by atoms with E-state index in [0.717, 1.165) is 17.5 Å². The molecule has 0 saturated heterocycles. The van der Waals surface area contributed by atoms with Gasteiger partial charge in [0.15, 0.2) is 6.61 Å². The van der Waals surface area contributed by atoms with Crippen molar-refractivity contribution in [2.45, 2.75) is 4.90 Å². The number of aryl methyl sites for hydroxylation is 1. The molecule has 0 aromatic carbocycles. The summed E-state index contributed by atoms with van der Waals surface area (Å²) in [5.74, 6) is -2.25. The van der Waals surface area contributed by atoms with Gasteiger partial charge in [-0.2, -0.15) is 9.82 Å². The van der Waals surface area contributed by atoms with E-state index in [9.17, 15) is 22.8 Å². The standard InChI is InChI=1S/C14H16N4O7S2/c1-18-7-9(5-15-18)27(22,23)16-6-12(20)25-8-11(19)17-10-3-4-26-13(10)14(21)24-2/h3-5,7,16H,6,8H2,1-2H3,(H,17,19). The number of nitrogens with zero attached hydrogens (tertiary/aromatic N) is 2. The van der Waals surface area contributed by atoms with Gasteiger partial charge >= 0.3 is 11.9 Å². The minimum absolute atomic E-state index is 0.108. The lowest BCUT2D eigenvalue weighted by Crippen LogP contribution is -2.32. The summed E-state index contributed by atoms with van der Waals surface area (Å²) >= 11 is 1.08. The lowest BCUT2D eigenvalue weighted by molar-refractivity contribution is -0.146. The Morgan fingerprint density at radius 3 is 2.70 bits per heavy atom. The van der Waals surface area contributed by atoms with E-state index in [1.165, 1.54) is 24.1 Å². The van der Waals surface area contributed by atoms with Crippen LogP contribution in [0.4, 0.5) is 5.69 Å². The van der Waals surface area contributed by atoms with Crippen LogP contribution in [0.5, 0.6) is 0 Å². The molecule has 2 aromatic rings. The van der Waals surface area contributed by atoms with E-state index < -0.39 is 41.0 Å². The molecule has 0 aliphatic rings. The van der Waals surface area contributed by atoms with E-state index in [1.807, 2.05) is 4.72 Å². The van der Waals surface area contributed by atoms with Crippen LogP contribution in [0.1, 0.15) is 9.67 Å². The van der Waals surface area contributed by atoms with Gasteiger partial charge in [-0.05, 0) is 11.4 Å². The summed E-state index contributed by atoms with van der Waals surface area (Å²) in [6, 6.07) is 1.50. The maximum atomic E-state index is 11.9. The number of rotatable bonds is 8. The van der Waals surface area contributed by atoms with Crippen molar-refractivity contribution >= 4 is 44.9 Å². The SMILES string of the molecule is COC(=O)c1sccc1NC(=O)COC(=O)CNS(=O)(=O)c1cnn(C)c1. The third kappa shape index (κ3) is 5.60. The molecule has 11 nitrogen and oxygen atoms in total. The fourth-order valence-electron chi connectivity index (χ4n) is 1.82. The Hall–Kier alpha value is -2.77. The molecule has 2 heterocycles. The number of hydrogen-bond donors (Lipinski definition) is 2. The first-order valence-electron chi connectivity index (χ1n) is 7.32. The smallest absolute Gasteiger partial charge is 0.350 e. The van der Waals surface area contributed by atoms with Gasteiger partial charge in [-0.1, -0.05) is 0 Å². The maximum absolute atomic E-state index is 11.9. The van der Waals surface area contributed by atoms with Gasteiger partial charge in [-0.3, -0.25) is 14.3 Å². The summed E-state index contributed by atoms with van der Waals surface area (Å²) in [6.45, 7) is -1.31. The topological polar surface area (TPSA) is 146 Å². The predicted octanol–water partition coefficient (Wildman–Crippen LogP) is -0.272. The van der Waals surface area contributed by atoms with E-state index in [2.05, 4.69) is 15.2 Å². The number of ether oxygens (including phenoxy) is 2. The molecular weight excluding hydrogens is 400 g/mol. The van der Waals surface area contributed by atoms with Crippen molar-refractivity contribution in [2.75, 3.05) is 25.6 Å². The highest BCUT2D eigenvalue weighted by atomic mass is 32.2. The van der Waals surface area contributed by atoms with Crippen LogP contribution in [0.2, 0.25) is 0 Å². The van der Waals surface area contributed by atoms with E-state index in [1.54, 1.807) is 12.4 Å². The molecule has 13 heteroatoms. The van der Waals surface area contributed by atoms with E-state index >= 15 is 0 Å². The Bertz CT molecular complexity index is 948. The lowest BCUT2D eigenvalue weighted by Gasteiger charge is -2.07. The second-order valence-electron chi connectivity index (χ2n) is 5.04. The highest BCUT2D eigenvalue weighted by Gasteiger charge is 2.19. The summed E-state index contributed by atoms with van der Waals surface area (Å²) in [6.07, 6.45) is 2.39. The number of hydrogen-bond acceptors (Lipinski definition) is 9. The fourth-order valence-corrected chi connectivity index (χ4v) is 3.53. The molecule has 27 heavy (non-hydrogen) atoms. The number of thiophene rings is 1. The van der Waals surface area contributed by atoms with Crippen LogP contribution >= 0.6 is 11.3 Å². The molecule has 2 aromatic heterocycles. The van der Waals surface area contributed by atoms with Crippen molar-refractivity contribution in [2.24, 2.45) is 7.05 Å². The molecule has 2 N–H and O–H groups in total. The van der Waals surface area contributed by atoms with Crippen LogP contribution in [0, 0.1) is 0 Å². The van der Waals surface area contributed by atoms with Crippen LogP contribution in [0.25, 0.3) is 0 Å². The summed E-state index contributed by atoms with van der Waals surface area (Å²) in [7, 11) is -1.16. The van der Waals surface area contributed by atoms with Crippen molar-refractivity contribution < 1.29 is 32.3 Å². The Morgan fingerprint density at radius 1 is 1.33 bits per heavy atom. The summed E-state index contributed by atoms with van der Waals surface area (Å²) < 4.78 is 36.5. The van der Waals surface area contributed by atoms with E-state index in [4.69, 9.17) is 4.74 Å². The van der Waals surface area contributed by atoms with Gasteiger partial charge < -0.3 is 14.8 Å². The van der Waals surface area contributed by atoms with E-state index in [0.29, 0.717) is 0 Å². The Balaban J connectivity index is 1.81. The van der Waals surface area contributed by atoms with Gasteiger partial charge in [0.1, 0.15) is 16.3 Å². The zero-order valence-electron chi connectivity index (χ0n) is 14.3. The largest absolute Gasteiger partial charge is 0.465 e. The van der Waals surface area contributed by atoms with Crippen molar-refractivity contribution in [1.29, 1.82) is 0 Å². The second-order valence-corrected chi connectivity index (χ2v) is 7.72. The minimum atomic E-state index is -3.92. The van der Waals surface area contributed by atoms with Crippen LogP contribution in [-0.4, -0.2) is 56.3 Å². The number of methoxy groups -OCH3 is 1. The van der Waals surface area contributed by atoms with Gasteiger partial charge in [0.05, 0.1) is 19.0 Å². The van der Waals surface area contributed by atoms with Crippen molar-refractivity contribution in [1.82, 2.24) is 14.5 Å². The van der Waals surface area contributed by atoms with Gasteiger partial charge in [0, 0.05) is 13.2 Å². The Kier molecular flexibility index (Phi) is 6.65. The number of carbonyl (C=O) groups is 3. The average molecular weight is 416 g/mol. The summed E-state index contributed by atoms with van der Waals surface area (Å²) in [4.78, 5) is 35.1. The first-order chi connectivity index (χ1) is 12.7. The van der Waals surface area contributed by atoms with Gasteiger partial charge in [0.25, 0.3) is 5.91 Å². The molecular formula is C14H16N4O7S2. The molecule has 0 bridgehead atoms. The molecule has 0 aliphatic carbocycles. The quantitative estimate of drug-likeness (QED) is 0.559. The van der Waals surface area contributed by atoms with Gasteiger partial charge in [-0.25, -0.2) is 13.2 Å². The minimum Gasteiger partial charge on any atom is -0.465 e. The average Bonchev–Trinajstić information content (AvgIpc) is 3.27. The van der Waals surface area contributed by atoms with Gasteiger partial charge in [0.2, 0.25) is 10.0 Å². The highest BCUT2D eigenvalue weighted by molar-refractivity contribution is 7.89. The molecule has 2 rings (SSSR count). The summed E-state index contributed by atoms with van der Waals surface area (Å²) in [5, 5.41) is 7.72. The monoisotopic (exact) mass is 416 g/mol. The molecule has 0 radical (unpaired) electrons. The molecule has 146 valence electrons. The molecule has 0 unspecified atom stereocenters. The molecule has 0 aliphatic heterocycles. The van der Waals surface area contributed by atoms with E-state index in [-0.39, 0.29) is 15.5 Å². The first kappa shape index (κ1) is 20.5. The molecule has 0 spiro atoms. The van der Waals surface area contributed by atoms with Crippen LogP contribution in [-0.2, 0) is 36.1 Å². The number of esters is 2. The van der Waals surface area contributed by atoms with Crippen LogP contribution in [0.3, 0.4) is 0 Å². The van der Waals surface area contributed by atoms with Crippen LogP contribution < -0.4 is 10.0 Å². The number of sulfonamides is 1. The second kappa shape index (κ2) is 8.75. The maximum Gasteiger partial charge on any atom is 0.350 e. The number of anilines is 1. The highest BCUT2D eigenvalue weighted by Crippen LogP contribution is 2.22. The third-order valence-corrected chi connectivity index (χ3v) is 5.32. The molecule has 0 saturated carbocycles. The van der Waals surface area contributed by atoms with Gasteiger partial charge in [-0.15, -0.1) is 11.3 Å². The zero-order valence-corrected chi connectivity index (χ0v) is 15.9. The zero-order chi connectivity index (χ0) is 20.0.